The Kier molecular flexibility index (Phi) is 6.83. The minimum atomic E-state index is 0.577. The van der Waals surface area contributed by atoms with Gasteiger partial charge in [0.25, 0.3) is 0 Å². The minimum Gasteiger partial charge on any atom is -0.456 e. The largest absolute Gasteiger partial charge is 0.456 e. The van der Waals surface area contributed by atoms with Crippen molar-refractivity contribution >= 4 is 65.6 Å². The molecule has 0 amide bonds. The van der Waals surface area contributed by atoms with Crippen molar-refractivity contribution in [2.24, 2.45) is 0 Å². The average molecular weight is 730 g/mol. The highest BCUT2D eigenvalue weighted by atomic mass is 16.3. The smallest absolute Gasteiger partial charge is 0.164 e. The third kappa shape index (κ3) is 4.81. The van der Waals surface area contributed by atoms with Crippen LogP contribution in [0.5, 0.6) is 0 Å². The minimum absolute atomic E-state index is 0.577. The maximum atomic E-state index is 6.74. The first-order valence-corrected chi connectivity index (χ1v) is 19.1. The highest BCUT2D eigenvalue weighted by molar-refractivity contribution is 6.26. The van der Waals surface area contributed by atoms with Gasteiger partial charge in [0.05, 0.1) is 27.8 Å². The molecular weight excluding hydrogens is 699 g/mol. The van der Waals surface area contributed by atoms with E-state index >= 15 is 0 Å². The van der Waals surface area contributed by atoms with Crippen molar-refractivity contribution in [2.45, 2.75) is 0 Å². The summed E-state index contributed by atoms with van der Waals surface area (Å²) in [5.74, 6) is 1.80. The van der Waals surface area contributed by atoms with E-state index in [0.29, 0.717) is 17.5 Å². The summed E-state index contributed by atoms with van der Waals surface area (Å²) in [6, 6.07) is 65.5. The zero-order valence-corrected chi connectivity index (χ0v) is 30.5. The predicted octanol–water partition coefficient (Wildman–Crippen LogP) is 13.0. The van der Waals surface area contributed by atoms with Crippen LogP contribution in [0, 0.1) is 0 Å². The molecule has 0 N–H and O–H groups in total. The Morgan fingerprint density at radius 2 is 0.912 bits per heavy atom. The van der Waals surface area contributed by atoms with Gasteiger partial charge in [-0.1, -0.05) is 140 Å². The average Bonchev–Trinajstić information content (AvgIpc) is 3.94. The van der Waals surface area contributed by atoms with Crippen molar-refractivity contribution in [1.29, 1.82) is 0 Å². The number of fused-ring (bicyclic) bond motifs is 10. The van der Waals surface area contributed by atoms with Gasteiger partial charge in [0.1, 0.15) is 11.2 Å². The highest BCUT2D eigenvalue weighted by Gasteiger charge is 2.24. The molecule has 4 aromatic heterocycles. The lowest BCUT2D eigenvalue weighted by Crippen LogP contribution is -2.01. The molecule has 0 aliphatic carbocycles. The summed E-state index contributed by atoms with van der Waals surface area (Å²) in [5, 5.41) is 6.70. The van der Waals surface area contributed by atoms with Gasteiger partial charge >= 0.3 is 0 Å². The molecule has 0 aliphatic heterocycles. The Morgan fingerprint density at radius 1 is 0.351 bits per heavy atom. The van der Waals surface area contributed by atoms with Crippen molar-refractivity contribution in [3.05, 3.63) is 188 Å². The van der Waals surface area contributed by atoms with Crippen molar-refractivity contribution in [3.63, 3.8) is 0 Å². The predicted molar refractivity (Wildman–Crippen MR) is 232 cm³/mol. The molecule has 57 heavy (non-hydrogen) atoms. The van der Waals surface area contributed by atoms with Crippen molar-refractivity contribution in [3.8, 4) is 45.5 Å². The number of nitrogens with zero attached hydrogens (tertiary/aromatic N) is 5. The zero-order chi connectivity index (χ0) is 37.5. The van der Waals surface area contributed by atoms with Crippen molar-refractivity contribution < 1.29 is 4.42 Å². The van der Waals surface area contributed by atoms with E-state index in [1.165, 1.54) is 21.5 Å². The van der Waals surface area contributed by atoms with E-state index < -0.39 is 0 Å². The van der Waals surface area contributed by atoms with Crippen molar-refractivity contribution in [2.75, 3.05) is 0 Å². The number of para-hydroxylation sites is 4. The Morgan fingerprint density at radius 3 is 1.61 bits per heavy atom. The first-order chi connectivity index (χ1) is 28.3. The fourth-order valence-electron chi connectivity index (χ4n) is 8.71. The Hall–Kier alpha value is -7.83. The van der Waals surface area contributed by atoms with Crippen LogP contribution in [-0.4, -0.2) is 24.1 Å². The van der Waals surface area contributed by atoms with E-state index in [2.05, 4.69) is 124 Å². The molecule has 0 bridgehead atoms. The second-order valence-corrected chi connectivity index (χ2v) is 14.4. The number of rotatable bonds is 5. The molecule has 0 radical (unpaired) electrons. The van der Waals surface area contributed by atoms with Gasteiger partial charge in [-0.15, -0.1) is 0 Å². The van der Waals surface area contributed by atoms with E-state index in [1.807, 2.05) is 72.8 Å². The molecule has 6 heteroatoms. The number of hydrogen-bond donors (Lipinski definition) is 0. The van der Waals surface area contributed by atoms with Gasteiger partial charge in [-0.3, -0.25) is 0 Å². The van der Waals surface area contributed by atoms with Gasteiger partial charge in [0, 0.05) is 60.8 Å². The molecule has 0 unspecified atom stereocenters. The zero-order valence-electron chi connectivity index (χ0n) is 30.5. The van der Waals surface area contributed by atoms with Crippen LogP contribution in [0.1, 0.15) is 0 Å². The summed E-state index contributed by atoms with van der Waals surface area (Å²) in [6.45, 7) is 0. The fourth-order valence-corrected chi connectivity index (χ4v) is 8.71. The highest BCUT2D eigenvalue weighted by Crippen LogP contribution is 2.44. The van der Waals surface area contributed by atoms with Crippen LogP contribution in [0.15, 0.2) is 192 Å². The molecule has 12 aromatic rings. The molecule has 0 spiro atoms. The van der Waals surface area contributed by atoms with E-state index in [4.69, 9.17) is 19.4 Å². The van der Waals surface area contributed by atoms with E-state index in [0.717, 1.165) is 72.1 Å². The number of hydrogen-bond acceptors (Lipinski definition) is 4. The van der Waals surface area contributed by atoms with Crippen LogP contribution in [0.3, 0.4) is 0 Å². The van der Waals surface area contributed by atoms with Gasteiger partial charge in [-0.25, -0.2) is 15.0 Å². The number of furan rings is 1. The molecular formula is C51H31N5O. The lowest BCUT2D eigenvalue weighted by atomic mass is 10.0. The standard InChI is InChI=1S/C51H31N5O/c1-4-16-32(17-5-1)49-52-50(33-18-6-2-7-19-33)54-51(53-49)40-30-35(31-45-46(40)39-24-12-15-27-44(39)57-45)56-41-25-13-10-22-36(41)37-28-29-43-47(48(37)56)38-23-11-14-26-42(38)55(43)34-20-8-3-9-21-34/h1-31H. The van der Waals surface area contributed by atoms with Crippen LogP contribution < -0.4 is 0 Å². The summed E-state index contributed by atoms with van der Waals surface area (Å²) in [5.41, 5.74) is 10.9. The third-order valence-electron chi connectivity index (χ3n) is 11.1. The molecule has 0 saturated heterocycles. The molecule has 6 nitrogen and oxygen atoms in total. The molecule has 266 valence electrons. The summed E-state index contributed by atoms with van der Waals surface area (Å²) < 4.78 is 11.5. The van der Waals surface area contributed by atoms with Gasteiger partial charge in [-0.2, -0.15) is 0 Å². The van der Waals surface area contributed by atoms with Crippen molar-refractivity contribution in [1.82, 2.24) is 24.1 Å². The molecule has 0 saturated carbocycles. The molecule has 0 fully saturated rings. The third-order valence-corrected chi connectivity index (χ3v) is 11.1. The molecule has 8 aromatic carbocycles. The summed E-state index contributed by atoms with van der Waals surface area (Å²) in [4.78, 5) is 15.5. The number of aromatic nitrogens is 5. The summed E-state index contributed by atoms with van der Waals surface area (Å²) in [7, 11) is 0. The second-order valence-electron chi connectivity index (χ2n) is 14.4. The number of benzene rings is 8. The Bertz CT molecular complexity index is 3450. The first-order valence-electron chi connectivity index (χ1n) is 19.1. The van der Waals surface area contributed by atoms with Crippen LogP contribution in [-0.2, 0) is 0 Å². The van der Waals surface area contributed by atoms with Gasteiger partial charge in [0.2, 0.25) is 0 Å². The van der Waals surface area contributed by atoms with Crippen LogP contribution >= 0.6 is 0 Å². The normalized spacial score (nSPS) is 11.9. The lowest BCUT2D eigenvalue weighted by Gasteiger charge is -2.13. The lowest BCUT2D eigenvalue weighted by molar-refractivity contribution is 0.668. The SMILES string of the molecule is c1ccc(-c2nc(-c3ccccc3)nc(-c3cc(-n4c5ccccc5c5ccc6c(c7ccccc7n6-c6ccccc6)c54)cc4oc5ccccc5c34)n2)cc1. The maximum Gasteiger partial charge on any atom is 0.164 e. The Balaban J connectivity index is 1.22. The molecule has 12 rings (SSSR count). The van der Waals surface area contributed by atoms with Crippen LogP contribution in [0.25, 0.3) is 111 Å². The molecule has 0 atom stereocenters. The first kappa shape index (κ1) is 31.5. The summed E-state index contributed by atoms with van der Waals surface area (Å²) in [6.07, 6.45) is 0. The van der Waals surface area contributed by atoms with Gasteiger partial charge < -0.3 is 13.6 Å². The van der Waals surface area contributed by atoms with Gasteiger partial charge in [0.15, 0.2) is 17.5 Å². The monoisotopic (exact) mass is 729 g/mol. The van der Waals surface area contributed by atoms with Crippen LogP contribution in [0.4, 0.5) is 0 Å². The Labute approximate surface area is 326 Å². The van der Waals surface area contributed by atoms with E-state index in [-0.39, 0.29) is 0 Å². The van der Waals surface area contributed by atoms with Crippen LogP contribution in [0.2, 0.25) is 0 Å². The van der Waals surface area contributed by atoms with Gasteiger partial charge in [-0.05, 0) is 42.5 Å². The van der Waals surface area contributed by atoms with E-state index in [9.17, 15) is 0 Å². The molecule has 0 aliphatic rings. The quantitative estimate of drug-likeness (QED) is 0.177. The molecule has 4 heterocycles. The summed E-state index contributed by atoms with van der Waals surface area (Å²) >= 11 is 0. The maximum absolute atomic E-state index is 6.74. The second kappa shape index (κ2) is 12.3. The topological polar surface area (TPSA) is 61.7 Å². The van der Waals surface area contributed by atoms with E-state index in [1.54, 1.807) is 0 Å². The fraction of sp³-hybridized carbons (Fsp3) is 0.